The summed E-state index contributed by atoms with van der Waals surface area (Å²) in [6.45, 7) is 4.51. The minimum absolute atomic E-state index is 0.0902. The summed E-state index contributed by atoms with van der Waals surface area (Å²) < 4.78 is 4.19. The summed E-state index contributed by atoms with van der Waals surface area (Å²) in [6, 6.07) is 22.7. The first-order valence-corrected chi connectivity index (χ1v) is 8.57. The van der Waals surface area contributed by atoms with E-state index in [1.807, 2.05) is 23.9 Å². The number of para-hydroxylation sites is 2. The number of hydrogen-bond donors (Lipinski definition) is 0. The molecule has 0 saturated carbocycles. The Balaban J connectivity index is 1.72. The predicted octanol–water partition coefficient (Wildman–Crippen LogP) is 4.68. The van der Waals surface area contributed by atoms with Crippen LogP contribution in [0, 0.1) is 0 Å². The summed E-state index contributed by atoms with van der Waals surface area (Å²) in [7, 11) is 2.04. The molecule has 0 fully saturated rings. The highest BCUT2D eigenvalue weighted by Gasteiger charge is 2.39. The standard InChI is InChI=1S/C22H19N3/c1-22(2)18-13-15(10-11-16(18)17-7-6-12-23-21(17)22)25-14-24(3)19-8-4-5-9-20(19)25/h4-13H,1-3H3/q+2. The summed E-state index contributed by atoms with van der Waals surface area (Å²) in [5, 5.41) is 0. The molecule has 0 unspecified atom stereocenters. The molecular formula is C22H19N3+2. The lowest BCUT2D eigenvalue weighted by atomic mass is 9.85. The lowest BCUT2D eigenvalue weighted by molar-refractivity contribution is -0.394. The second-order valence-electron chi connectivity index (χ2n) is 7.24. The molecule has 25 heavy (non-hydrogen) atoms. The van der Waals surface area contributed by atoms with Crippen LogP contribution < -0.4 is 4.58 Å². The second kappa shape index (κ2) is 4.75. The molecule has 5 rings (SSSR count). The van der Waals surface area contributed by atoms with Gasteiger partial charge in [-0.15, -0.1) is 0 Å². The first kappa shape index (κ1) is 14.3. The molecule has 1 aliphatic carbocycles. The smallest absolute Gasteiger partial charge is 0.260 e. The minimum atomic E-state index is -0.0902. The second-order valence-corrected chi connectivity index (χ2v) is 7.24. The predicted molar refractivity (Wildman–Crippen MR) is 101 cm³/mol. The van der Waals surface area contributed by atoms with Crippen molar-refractivity contribution in [1.29, 1.82) is 0 Å². The number of fused-ring (bicyclic) bond motifs is 4. The highest BCUT2D eigenvalue weighted by atomic mass is 15.2. The Morgan fingerprint density at radius 1 is 0.920 bits per heavy atom. The molecule has 3 aromatic rings. The van der Waals surface area contributed by atoms with Crippen LogP contribution in [0.3, 0.4) is 0 Å². The molecule has 3 nitrogen and oxygen atoms in total. The van der Waals surface area contributed by atoms with E-state index in [0.29, 0.717) is 0 Å². The lowest BCUT2D eigenvalue weighted by Gasteiger charge is -2.19. The Kier molecular flexibility index (Phi) is 2.72. The fourth-order valence-electron chi connectivity index (χ4n) is 4.06. The molecule has 1 aromatic heterocycles. The zero-order chi connectivity index (χ0) is 17.2. The zero-order valence-corrected chi connectivity index (χ0v) is 14.6. The van der Waals surface area contributed by atoms with Crippen LogP contribution in [-0.4, -0.2) is 22.6 Å². The molecule has 2 heterocycles. The maximum Gasteiger partial charge on any atom is 0.496 e. The van der Waals surface area contributed by atoms with Crippen molar-refractivity contribution in [3.8, 4) is 11.1 Å². The van der Waals surface area contributed by atoms with E-state index < -0.39 is 0 Å². The van der Waals surface area contributed by atoms with Gasteiger partial charge in [0, 0.05) is 41.4 Å². The molecule has 0 spiro atoms. The summed E-state index contributed by atoms with van der Waals surface area (Å²) >= 11 is 0. The van der Waals surface area contributed by atoms with Gasteiger partial charge in [-0.2, -0.15) is 0 Å². The summed E-state index contributed by atoms with van der Waals surface area (Å²) in [4.78, 5) is 4.66. The van der Waals surface area contributed by atoms with E-state index >= 15 is 0 Å². The van der Waals surface area contributed by atoms with Gasteiger partial charge in [-0.05, 0) is 27.8 Å². The average molecular weight is 325 g/mol. The van der Waals surface area contributed by atoms with Gasteiger partial charge in [0.15, 0.2) is 7.05 Å². The van der Waals surface area contributed by atoms with E-state index in [4.69, 9.17) is 0 Å². The van der Waals surface area contributed by atoms with Crippen LogP contribution >= 0.6 is 0 Å². The van der Waals surface area contributed by atoms with Gasteiger partial charge in [-0.25, -0.2) is 0 Å². The number of aromatic nitrogens is 1. The van der Waals surface area contributed by atoms with E-state index in [1.54, 1.807) is 0 Å². The van der Waals surface area contributed by atoms with Crippen LogP contribution in [0.1, 0.15) is 25.1 Å². The largest absolute Gasteiger partial charge is 0.496 e. The van der Waals surface area contributed by atoms with Gasteiger partial charge in [0.1, 0.15) is 0 Å². The van der Waals surface area contributed by atoms with Crippen molar-refractivity contribution >= 4 is 23.1 Å². The Hall–Kier alpha value is -3.03. The highest BCUT2D eigenvalue weighted by Crippen LogP contribution is 2.48. The normalized spacial score (nSPS) is 16.0. The summed E-state index contributed by atoms with van der Waals surface area (Å²) in [6.07, 6.45) is 1.89. The van der Waals surface area contributed by atoms with Crippen molar-refractivity contribution in [2.45, 2.75) is 19.3 Å². The molecule has 1 aliphatic heterocycles. The van der Waals surface area contributed by atoms with Crippen molar-refractivity contribution in [3.05, 3.63) is 72.1 Å². The Morgan fingerprint density at radius 2 is 1.72 bits per heavy atom. The molecule has 3 heteroatoms. The van der Waals surface area contributed by atoms with Gasteiger partial charge in [-0.3, -0.25) is 4.98 Å². The average Bonchev–Trinajstić information content (AvgIpc) is 3.09. The van der Waals surface area contributed by atoms with Crippen molar-refractivity contribution in [2.24, 2.45) is 0 Å². The van der Waals surface area contributed by atoms with E-state index in [9.17, 15) is 0 Å². The molecule has 0 saturated heterocycles. The molecule has 2 aliphatic rings. The van der Waals surface area contributed by atoms with Crippen LogP contribution in [-0.2, 0) is 5.41 Å². The van der Waals surface area contributed by atoms with E-state index in [0.717, 1.165) is 17.1 Å². The third-order valence-corrected chi connectivity index (χ3v) is 5.36. The first-order chi connectivity index (χ1) is 12.1. The van der Waals surface area contributed by atoms with Gasteiger partial charge in [-0.1, -0.05) is 36.6 Å². The molecule has 0 radical (unpaired) electrons. The van der Waals surface area contributed by atoms with Crippen molar-refractivity contribution in [3.63, 3.8) is 0 Å². The van der Waals surface area contributed by atoms with Crippen molar-refractivity contribution in [2.75, 3.05) is 7.05 Å². The molecule has 0 bridgehead atoms. The fourth-order valence-corrected chi connectivity index (χ4v) is 4.06. The fraction of sp³-hybridized carbons (Fsp3) is 0.182. The van der Waals surface area contributed by atoms with Gasteiger partial charge in [0.25, 0.3) is 11.4 Å². The van der Waals surface area contributed by atoms with Crippen molar-refractivity contribution < 1.29 is 4.58 Å². The van der Waals surface area contributed by atoms with Crippen LogP contribution in [0.15, 0.2) is 60.8 Å². The van der Waals surface area contributed by atoms with Gasteiger partial charge in [0.2, 0.25) is 5.69 Å². The Morgan fingerprint density at radius 3 is 2.56 bits per heavy atom. The molecular weight excluding hydrogens is 306 g/mol. The van der Waals surface area contributed by atoms with Crippen molar-refractivity contribution in [1.82, 2.24) is 9.56 Å². The van der Waals surface area contributed by atoms with Crippen LogP contribution in [0.4, 0.5) is 17.1 Å². The van der Waals surface area contributed by atoms with E-state index in [-0.39, 0.29) is 5.41 Å². The van der Waals surface area contributed by atoms with Crippen LogP contribution in [0.2, 0.25) is 0 Å². The third-order valence-electron chi connectivity index (χ3n) is 5.36. The van der Waals surface area contributed by atoms with Gasteiger partial charge in [0.05, 0.1) is 5.69 Å². The lowest BCUT2D eigenvalue weighted by Crippen LogP contribution is -2.17. The molecule has 0 amide bonds. The number of benzene rings is 2. The molecule has 0 N–H and O–H groups in total. The first-order valence-electron chi connectivity index (χ1n) is 8.57. The molecule has 120 valence electrons. The maximum absolute atomic E-state index is 4.66. The van der Waals surface area contributed by atoms with Crippen LogP contribution in [0.5, 0.6) is 0 Å². The summed E-state index contributed by atoms with van der Waals surface area (Å²) in [5.41, 5.74) is 8.41. The number of pyridine rings is 1. The number of nitrogens with zero attached hydrogens (tertiary/aromatic N) is 3. The maximum atomic E-state index is 4.66. The molecule has 0 atom stereocenters. The quantitative estimate of drug-likeness (QED) is 0.594. The van der Waals surface area contributed by atoms with Gasteiger partial charge >= 0.3 is 6.01 Å². The SMILES string of the molecule is C[N+]1=C=[N+](c2ccc3c(c2)C(C)(C)c2ncccc2-3)c2ccccc21. The Bertz CT molecular complexity index is 1120. The summed E-state index contributed by atoms with van der Waals surface area (Å²) in [5.74, 6) is 0. The molecule has 2 aromatic carbocycles. The zero-order valence-electron chi connectivity index (χ0n) is 14.6. The van der Waals surface area contributed by atoms with Gasteiger partial charge < -0.3 is 0 Å². The van der Waals surface area contributed by atoms with E-state index in [2.05, 4.69) is 77.9 Å². The number of rotatable bonds is 1. The van der Waals surface area contributed by atoms with Crippen LogP contribution in [0.25, 0.3) is 11.1 Å². The highest BCUT2D eigenvalue weighted by molar-refractivity contribution is 5.82. The van der Waals surface area contributed by atoms with E-state index in [1.165, 1.54) is 22.4 Å². The monoisotopic (exact) mass is 325 g/mol. The Labute approximate surface area is 147 Å². The third kappa shape index (κ3) is 1.84. The number of hydrogen-bond acceptors (Lipinski definition) is 1. The minimum Gasteiger partial charge on any atom is -0.260 e. The topological polar surface area (TPSA) is 18.9 Å².